The molecule has 1 aliphatic rings. The van der Waals surface area contributed by atoms with Crippen molar-refractivity contribution in [2.24, 2.45) is 4.99 Å². The van der Waals surface area contributed by atoms with Gasteiger partial charge in [-0.25, -0.2) is 13.4 Å². The summed E-state index contributed by atoms with van der Waals surface area (Å²) < 4.78 is 28.7. The van der Waals surface area contributed by atoms with Gasteiger partial charge in [-0.2, -0.15) is 0 Å². The number of nitrogens with one attached hydrogen (secondary N) is 2. The third kappa shape index (κ3) is 3.86. The van der Waals surface area contributed by atoms with Gasteiger partial charge in [0.15, 0.2) is 0 Å². The van der Waals surface area contributed by atoms with Crippen LogP contribution in [0.5, 0.6) is 0 Å². The number of imidazole rings is 1. The molecule has 9 heteroatoms. The molecule has 2 aromatic carbocycles. The molecule has 4 rings (SSSR count). The van der Waals surface area contributed by atoms with Crippen LogP contribution in [-0.4, -0.2) is 42.3 Å². The molecule has 0 bridgehead atoms. The third-order valence-corrected chi connectivity index (χ3v) is 6.16. The quantitative estimate of drug-likeness (QED) is 0.602. The van der Waals surface area contributed by atoms with E-state index in [0.29, 0.717) is 12.1 Å². The first-order valence-corrected chi connectivity index (χ1v) is 10.8. The number of aromatic nitrogens is 2. The van der Waals surface area contributed by atoms with Crippen molar-refractivity contribution in [3.05, 3.63) is 60.4 Å². The van der Waals surface area contributed by atoms with E-state index in [0.717, 1.165) is 24.0 Å². The largest absolute Gasteiger partial charge is 0.354 e. The number of para-hydroxylation sites is 2. The van der Waals surface area contributed by atoms with E-state index in [1.165, 1.54) is 6.07 Å². The zero-order valence-corrected chi connectivity index (χ0v) is 16.7. The van der Waals surface area contributed by atoms with E-state index >= 15 is 0 Å². The van der Waals surface area contributed by atoms with Crippen LogP contribution < -0.4 is 10.0 Å². The second-order valence-corrected chi connectivity index (χ2v) is 8.48. The lowest BCUT2D eigenvalue weighted by molar-refractivity contribution is -0.121. The lowest BCUT2D eigenvalue weighted by Crippen LogP contribution is -2.34. The molecule has 8 nitrogen and oxygen atoms in total. The molecule has 0 saturated carbocycles. The van der Waals surface area contributed by atoms with Crippen LogP contribution in [0.25, 0.3) is 11.0 Å². The van der Waals surface area contributed by atoms with Gasteiger partial charge in [0.1, 0.15) is 11.9 Å². The summed E-state index contributed by atoms with van der Waals surface area (Å²) in [6.45, 7) is 2.86. The lowest BCUT2D eigenvalue weighted by atomic mass is 10.2. The first-order valence-electron chi connectivity index (χ1n) is 9.33. The number of amides is 1. The minimum Gasteiger partial charge on any atom is -0.354 e. The molecule has 0 unspecified atom stereocenters. The highest BCUT2D eigenvalue weighted by atomic mass is 32.2. The monoisotopic (exact) mass is 411 g/mol. The SMILES string of the molecule is C[C@H](N=C1NS(=O)(=O)c2ccccc21)C(=O)NCCCn1cnc2ccccc21. The fourth-order valence-electron chi connectivity index (χ4n) is 3.28. The predicted octanol–water partition coefficient (Wildman–Crippen LogP) is 1.67. The fraction of sp³-hybridized carbons (Fsp3) is 0.250. The molecule has 2 N–H and O–H groups in total. The number of hydrogen-bond acceptors (Lipinski definition) is 5. The third-order valence-electron chi connectivity index (χ3n) is 4.77. The molecule has 1 aliphatic heterocycles. The zero-order valence-electron chi connectivity index (χ0n) is 15.9. The Kier molecular flexibility index (Phi) is 5.06. The van der Waals surface area contributed by atoms with Gasteiger partial charge in [-0.05, 0) is 37.6 Å². The summed E-state index contributed by atoms with van der Waals surface area (Å²) in [7, 11) is -3.61. The number of sulfonamides is 1. The van der Waals surface area contributed by atoms with E-state index < -0.39 is 16.1 Å². The molecule has 1 atom stereocenters. The molecule has 2 heterocycles. The van der Waals surface area contributed by atoms with Crippen LogP contribution >= 0.6 is 0 Å². The number of benzene rings is 2. The number of aliphatic imine (C=N–C) groups is 1. The minimum atomic E-state index is -3.61. The van der Waals surface area contributed by atoms with Crippen molar-refractivity contribution in [2.45, 2.75) is 30.8 Å². The Morgan fingerprint density at radius 1 is 1.21 bits per heavy atom. The van der Waals surface area contributed by atoms with Crippen LogP contribution in [0, 0.1) is 0 Å². The number of nitrogens with zero attached hydrogens (tertiary/aromatic N) is 3. The Labute approximate surface area is 168 Å². The van der Waals surface area contributed by atoms with Crippen LogP contribution in [-0.2, 0) is 21.4 Å². The van der Waals surface area contributed by atoms with Gasteiger partial charge in [-0.15, -0.1) is 0 Å². The molecular weight excluding hydrogens is 390 g/mol. The van der Waals surface area contributed by atoms with Gasteiger partial charge in [0.2, 0.25) is 5.91 Å². The fourth-order valence-corrected chi connectivity index (χ4v) is 4.52. The number of rotatable bonds is 6. The highest BCUT2D eigenvalue weighted by Gasteiger charge is 2.31. The molecule has 1 aromatic heterocycles. The smallest absolute Gasteiger partial charge is 0.263 e. The summed E-state index contributed by atoms with van der Waals surface area (Å²) in [6.07, 6.45) is 2.54. The predicted molar refractivity (Wildman–Crippen MR) is 110 cm³/mol. The van der Waals surface area contributed by atoms with Crippen molar-refractivity contribution in [1.82, 2.24) is 19.6 Å². The van der Waals surface area contributed by atoms with Crippen molar-refractivity contribution < 1.29 is 13.2 Å². The molecule has 0 saturated heterocycles. The van der Waals surface area contributed by atoms with Gasteiger partial charge < -0.3 is 9.88 Å². The number of amidine groups is 1. The molecular formula is C20H21N5O3S. The van der Waals surface area contributed by atoms with E-state index in [4.69, 9.17) is 0 Å². The average Bonchev–Trinajstić information content (AvgIpc) is 3.24. The first-order chi connectivity index (χ1) is 14.0. The molecule has 3 aromatic rings. The Morgan fingerprint density at radius 3 is 2.83 bits per heavy atom. The van der Waals surface area contributed by atoms with Crippen LogP contribution in [0.4, 0.5) is 0 Å². The molecule has 0 spiro atoms. The number of hydrogen-bond donors (Lipinski definition) is 2. The van der Waals surface area contributed by atoms with Crippen molar-refractivity contribution in [2.75, 3.05) is 6.54 Å². The van der Waals surface area contributed by atoms with E-state index in [9.17, 15) is 13.2 Å². The van der Waals surface area contributed by atoms with Gasteiger partial charge in [-0.3, -0.25) is 14.5 Å². The van der Waals surface area contributed by atoms with Gasteiger partial charge >= 0.3 is 0 Å². The summed E-state index contributed by atoms with van der Waals surface area (Å²) in [5, 5.41) is 2.85. The second-order valence-electron chi connectivity index (χ2n) is 6.83. The van der Waals surface area contributed by atoms with Crippen LogP contribution in [0.1, 0.15) is 18.9 Å². The second kappa shape index (κ2) is 7.67. The van der Waals surface area contributed by atoms with E-state index in [1.54, 1.807) is 31.5 Å². The van der Waals surface area contributed by atoms with Gasteiger partial charge in [0.25, 0.3) is 10.0 Å². The van der Waals surface area contributed by atoms with Gasteiger partial charge in [-0.1, -0.05) is 24.3 Å². The standard InChI is InChI=1S/C20H21N5O3S/c1-14(23-19-15-7-2-5-10-18(15)29(27,28)24-19)20(26)21-11-6-12-25-13-22-16-8-3-4-9-17(16)25/h2-5,7-10,13-14H,6,11-12H2,1H3,(H,21,26)(H,23,24)/t14-/m0/s1. The molecule has 150 valence electrons. The highest BCUT2D eigenvalue weighted by Crippen LogP contribution is 2.22. The average molecular weight is 411 g/mol. The molecule has 29 heavy (non-hydrogen) atoms. The highest BCUT2D eigenvalue weighted by molar-refractivity contribution is 7.90. The number of fused-ring (bicyclic) bond motifs is 2. The van der Waals surface area contributed by atoms with Crippen LogP contribution in [0.2, 0.25) is 0 Å². The normalized spacial score (nSPS) is 17.1. The van der Waals surface area contributed by atoms with Crippen LogP contribution in [0.3, 0.4) is 0 Å². The summed E-state index contributed by atoms with van der Waals surface area (Å²) >= 11 is 0. The summed E-state index contributed by atoms with van der Waals surface area (Å²) in [4.78, 5) is 21.2. The van der Waals surface area contributed by atoms with E-state index in [1.807, 2.05) is 24.3 Å². The molecule has 0 fully saturated rings. The van der Waals surface area contributed by atoms with Crippen molar-refractivity contribution >= 4 is 32.8 Å². The number of carbonyl (C=O) groups is 1. The van der Waals surface area contributed by atoms with Gasteiger partial charge in [0.05, 0.1) is 22.3 Å². The molecule has 0 radical (unpaired) electrons. The maximum Gasteiger partial charge on any atom is 0.263 e. The number of aryl methyl sites for hydroxylation is 1. The van der Waals surface area contributed by atoms with Crippen molar-refractivity contribution in [3.63, 3.8) is 0 Å². The Morgan fingerprint density at radius 2 is 1.97 bits per heavy atom. The lowest BCUT2D eigenvalue weighted by Gasteiger charge is -2.10. The zero-order chi connectivity index (χ0) is 20.4. The molecule has 1 amide bonds. The topological polar surface area (TPSA) is 105 Å². The Balaban J connectivity index is 1.34. The van der Waals surface area contributed by atoms with Crippen molar-refractivity contribution in [1.29, 1.82) is 0 Å². The number of carbonyl (C=O) groups excluding carboxylic acids is 1. The van der Waals surface area contributed by atoms with Crippen LogP contribution in [0.15, 0.2) is 64.7 Å². The summed E-state index contributed by atoms with van der Waals surface area (Å²) in [5.74, 6) is -0.0512. The molecule has 0 aliphatic carbocycles. The van der Waals surface area contributed by atoms with Gasteiger partial charge in [0, 0.05) is 18.7 Å². The Bertz CT molecular complexity index is 1200. The maximum atomic E-state index is 12.4. The van der Waals surface area contributed by atoms with E-state index in [2.05, 4.69) is 24.6 Å². The van der Waals surface area contributed by atoms with Crippen molar-refractivity contribution in [3.8, 4) is 0 Å². The Hall–Kier alpha value is -3.20. The van der Waals surface area contributed by atoms with E-state index in [-0.39, 0.29) is 16.6 Å². The minimum absolute atomic E-state index is 0.180. The summed E-state index contributed by atoms with van der Waals surface area (Å²) in [6, 6.07) is 13.8. The summed E-state index contributed by atoms with van der Waals surface area (Å²) in [5.41, 5.74) is 2.49. The first kappa shape index (κ1) is 19.1. The maximum absolute atomic E-state index is 12.4.